The van der Waals surface area contributed by atoms with Gasteiger partial charge < -0.3 is 18.9 Å². The topological polar surface area (TPSA) is 106 Å². The molecule has 0 unspecified atom stereocenters. The third kappa shape index (κ3) is 5.84. The molecule has 11 heteroatoms. The van der Waals surface area contributed by atoms with Crippen molar-refractivity contribution >= 4 is 21.6 Å². The molecule has 182 valence electrons. The van der Waals surface area contributed by atoms with Crippen molar-refractivity contribution in [2.24, 2.45) is 13.0 Å². The lowest BCUT2D eigenvalue weighted by atomic mass is 10.0. The highest BCUT2D eigenvalue weighted by atomic mass is 32.2. The van der Waals surface area contributed by atoms with Crippen LogP contribution < -0.4 is 9.46 Å². The molecule has 1 aromatic heterocycles. The molecule has 0 saturated carbocycles. The molecule has 0 spiro atoms. The maximum absolute atomic E-state index is 13.3. The molecule has 3 rings (SSSR count). The molecular weight excluding hydrogens is 446 g/mol. The number of nitrogens with zero attached hydrogens (tertiary/aromatic N) is 4. The summed E-state index contributed by atoms with van der Waals surface area (Å²) < 4.78 is 41.1. The fourth-order valence-corrected chi connectivity index (χ4v) is 4.79. The maximum atomic E-state index is 13.3. The summed E-state index contributed by atoms with van der Waals surface area (Å²) in [6.45, 7) is 5.72. The fourth-order valence-electron chi connectivity index (χ4n) is 3.76. The lowest BCUT2D eigenvalue weighted by molar-refractivity contribution is 0.0150. The largest absolute Gasteiger partial charge is 0.491 e. The molecule has 0 aliphatic carbocycles. The number of carbonyl (C=O) groups is 1. The molecule has 0 radical (unpaired) electrons. The van der Waals surface area contributed by atoms with Gasteiger partial charge in [0.05, 0.1) is 18.0 Å². The molecule has 1 N–H and O–H groups in total. The average Bonchev–Trinajstić information content (AvgIpc) is 3.21. The van der Waals surface area contributed by atoms with Crippen molar-refractivity contribution in [3.63, 3.8) is 0 Å². The summed E-state index contributed by atoms with van der Waals surface area (Å²) >= 11 is 0. The first-order valence-corrected chi connectivity index (χ1v) is 12.3. The minimum Gasteiger partial charge on any atom is -0.491 e. The van der Waals surface area contributed by atoms with E-state index in [0.29, 0.717) is 18.9 Å². The zero-order valence-electron chi connectivity index (χ0n) is 20.0. The number of sulfonamides is 1. The summed E-state index contributed by atoms with van der Waals surface area (Å²) in [4.78, 5) is 21.0. The van der Waals surface area contributed by atoms with Crippen molar-refractivity contribution in [3.8, 4) is 5.75 Å². The van der Waals surface area contributed by atoms with Crippen molar-refractivity contribution in [3.05, 3.63) is 36.3 Å². The Morgan fingerprint density at radius 1 is 1.18 bits per heavy atom. The highest BCUT2D eigenvalue weighted by Crippen LogP contribution is 2.27. The Labute approximate surface area is 195 Å². The normalized spacial score (nSPS) is 23.3. The zero-order chi connectivity index (χ0) is 24.3. The smallest absolute Gasteiger partial charge is 0.280 e. The molecule has 2 aromatic rings. The van der Waals surface area contributed by atoms with Gasteiger partial charge in [-0.05, 0) is 38.1 Å². The molecule has 1 aliphatic heterocycles. The van der Waals surface area contributed by atoms with Crippen molar-refractivity contribution in [1.82, 2.24) is 19.4 Å². The van der Waals surface area contributed by atoms with Gasteiger partial charge in [0.15, 0.2) is 5.03 Å². The van der Waals surface area contributed by atoms with Crippen LogP contribution in [0.5, 0.6) is 5.75 Å². The first-order valence-electron chi connectivity index (χ1n) is 10.8. The van der Waals surface area contributed by atoms with E-state index in [-0.39, 0.29) is 40.2 Å². The van der Waals surface area contributed by atoms with Gasteiger partial charge in [-0.15, -0.1) is 0 Å². The molecule has 10 nitrogen and oxygen atoms in total. The first kappa shape index (κ1) is 25.0. The number of rotatable bonds is 4. The van der Waals surface area contributed by atoms with Crippen LogP contribution in [0.4, 0.5) is 5.69 Å². The highest BCUT2D eigenvalue weighted by Gasteiger charge is 2.27. The number of nitrogens with one attached hydrogen (secondary N) is 1. The summed E-state index contributed by atoms with van der Waals surface area (Å²) in [5, 5.41) is -0.105. The van der Waals surface area contributed by atoms with Gasteiger partial charge in [0.1, 0.15) is 12.4 Å². The van der Waals surface area contributed by atoms with Crippen molar-refractivity contribution in [1.29, 1.82) is 0 Å². The quantitative estimate of drug-likeness (QED) is 0.711. The van der Waals surface area contributed by atoms with Crippen LogP contribution in [-0.2, 0) is 21.8 Å². The van der Waals surface area contributed by atoms with E-state index < -0.39 is 10.0 Å². The number of anilines is 1. The summed E-state index contributed by atoms with van der Waals surface area (Å²) in [5.41, 5.74) is 0.523. The van der Waals surface area contributed by atoms with Gasteiger partial charge in [-0.25, -0.2) is 4.98 Å². The Bertz CT molecular complexity index is 1090. The van der Waals surface area contributed by atoms with Crippen LogP contribution in [0.15, 0.2) is 35.7 Å². The van der Waals surface area contributed by atoms with E-state index in [0.717, 1.165) is 6.54 Å². The molecule has 0 fully saturated rings. The molecular formula is C22H33N5O5S. The lowest BCUT2D eigenvalue weighted by Crippen LogP contribution is -2.45. The summed E-state index contributed by atoms with van der Waals surface area (Å²) in [6.07, 6.45) is 2.66. The third-order valence-electron chi connectivity index (χ3n) is 5.97. The fraction of sp³-hybridized carbons (Fsp3) is 0.545. The minimum atomic E-state index is -3.90. The van der Waals surface area contributed by atoms with Gasteiger partial charge in [0.2, 0.25) is 0 Å². The minimum absolute atomic E-state index is 0.104. The standard InChI is InChI=1S/C22H33N5O5S/c1-15-10-26(4)16(2)13-32-19-8-7-17(24-33(29,30)21-12-25(3)14-23-21)9-18(19)22(28)27(5)11-20(15)31-6/h7-9,12,14-16,20,24H,10-11,13H2,1-6H3/t15-,16-,20+/m0/s1. The van der Waals surface area contributed by atoms with E-state index in [4.69, 9.17) is 9.47 Å². The molecule has 3 atom stereocenters. The van der Waals surface area contributed by atoms with E-state index in [1.165, 1.54) is 18.6 Å². The highest BCUT2D eigenvalue weighted by molar-refractivity contribution is 7.92. The Morgan fingerprint density at radius 3 is 2.55 bits per heavy atom. The van der Waals surface area contributed by atoms with Crippen LogP contribution in [0.1, 0.15) is 24.2 Å². The number of amides is 1. The van der Waals surface area contributed by atoms with E-state index in [9.17, 15) is 13.2 Å². The monoisotopic (exact) mass is 479 g/mol. The number of aromatic nitrogens is 2. The van der Waals surface area contributed by atoms with Crippen molar-refractivity contribution in [2.75, 3.05) is 45.6 Å². The molecule has 1 amide bonds. The molecule has 2 heterocycles. The van der Waals surface area contributed by atoms with Gasteiger partial charge in [-0.2, -0.15) is 8.42 Å². The number of methoxy groups -OCH3 is 1. The van der Waals surface area contributed by atoms with Gasteiger partial charge >= 0.3 is 0 Å². The number of benzene rings is 1. The van der Waals surface area contributed by atoms with E-state index in [1.807, 2.05) is 7.05 Å². The van der Waals surface area contributed by atoms with Gasteiger partial charge in [-0.1, -0.05) is 6.92 Å². The second-order valence-corrected chi connectivity index (χ2v) is 10.4. The van der Waals surface area contributed by atoms with Crippen LogP contribution >= 0.6 is 0 Å². The number of ether oxygens (including phenoxy) is 2. The van der Waals surface area contributed by atoms with E-state index in [1.54, 1.807) is 42.8 Å². The van der Waals surface area contributed by atoms with Crippen molar-refractivity contribution < 1.29 is 22.7 Å². The Balaban J connectivity index is 1.95. The molecule has 0 saturated heterocycles. The summed E-state index contributed by atoms with van der Waals surface area (Å²) in [7, 11) is 3.17. The van der Waals surface area contributed by atoms with Gasteiger partial charge in [0.25, 0.3) is 15.9 Å². The Hall–Kier alpha value is -2.63. The predicted octanol–water partition coefficient (Wildman–Crippen LogP) is 1.66. The predicted molar refractivity (Wildman–Crippen MR) is 125 cm³/mol. The molecule has 1 aromatic carbocycles. The van der Waals surface area contributed by atoms with E-state index in [2.05, 4.69) is 28.5 Å². The number of carbonyl (C=O) groups excluding carboxylic acids is 1. The summed E-state index contributed by atoms with van der Waals surface area (Å²) in [5.74, 6) is 0.309. The number of likely N-dealkylation sites (N-methyl/N-ethyl adjacent to an activating group) is 2. The number of fused-ring (bicyclic) bond motifs is 1. The van der Waals surface area contributed by atoms with Crippen molar-refractivity contribution in [2.45, 2.75) is 31.0 Å². The number of hydrogen-bond acceptors (Lipinski definition) is 7. The third-order valence-corrected chi connectivity index (χ3v) is 7.23. The Kier molecular flexibility index (Phi) is 7.65. The van der Waals surface area contributed by atoms with Crippen LogP contribution in [0.2, 0.25) is 0 Å². The van der Waals surface area contributed by atoms with Gasteiger partial charge in [0, 0.05) is 52.2 Å². The zero-order valence-corrected chi connectivity index (χ0v) is 20.8. The van der Waals surface area contributed by atoms with Gasteiger partial charge in [-0.3, -0.25) is 14.4 Å². The van der Waals surface area contributed by atoms with E-state index >= 15 is 0 Å². The summed E-state index contributed by atoms with van der Waals surface area (Å²) in [6, 6.07) is 4.80. The second kappa shape index (κ2) is 10.1. The molecule has 33 heavy (non-hydrogen) atoms. The average molecular weight is 480 g/mol. The van der Waals surface area contributed by atoms with Crippen LogP contribution in [0.3, 0.4) is 0 Å². The maximum Gasteiger partial charge on any atom is 0.280 e. The Morgan fingerprint density at radius 2 is 1.91 bits per heavy atom. The van der Waals surface area contributed by atoms with Crippen LogP contribution in [-0.4, -0.2) is 86.7 Å². The molecule has 0 bridgehead atoms. The number of hydrogen-bond donors (Lipinski definition) is 1. The SMILES string of the molecule is CO[C@@H]1CN(C)C(=O)c2cc(NS(=O)(=O)c3cn(C)cn3)ccc2OC[C@H](C)N(C)C[C@@H]1C. The van der Waals surface area contributed by atoms with Crippen LogP contribution in [0, 0.1) is 5.92 Å². The first-order chi connectivity index (χ1) is 15.5. The molecule has 1 aliphatic rings. The second-order valence-electron chi connectivity index (χ2n) is 8.73. The number of imidazole rings is 1. The van der Waals surface area contributed by atoms with Crippen LogP contribution in [0.25, 0.3) is 0 Å². The number of aryl methyl sites for hydroxylation is 1. The lowest BCUT2D eigenvalue weighted by Gasteiger charge is -2.34.